The maximum Gasteiger partial charge on any atom is 0.417 e. The lowest BCUT2D eigenvalue weighted by Gasteiger charge is -2.41. The molecule has 0 radical (unpaired) electrons. The SMILES string of the molecule is CN1CCOC(C(=O)N2CCC(O)(C(F)(F)F)CC2)C1. The van der Waals surface area contributed by atoms with Crippen LogP contribution in [-0.4, -0.2) is 78.5 Å². The molecule has 1 amide bonds. The fraction of sp³-hybridized carbons (Fsp3) is 0.917. The lowest BCUT2D eigenvalue weighted by atomic mass is 9.90. The molecule has 5 nitrogen and oxygen atoms in total. The number of hydrogen-bond acceptors (Lipinski definition) is 4. The second-order valence-electron chi connectivity index (χ2n) is 5.48. The van der Waals surface area contributed by atoms with Gasteiger partial charge in [-0.25, -0.2) is 0 Å². The van der Waals surface area contributed by atoms with Crippen LogP contribution in [0.3, 0.4) is 0 Å². The summed E-state index contributed by atoms with van der Waals surface area (Å²) in [7, 11) is 1.86. The van der Waals surface area contributed by atoms with Crippen LogP contribution in [0.5, 0.6) is 0 Å². The molecule has 2 heterocycles. The summed E-state index contributed by atoms with van der Waals surface area (Å²) in [6.45, 7) is 1.42. The molecular weight excluding hydrogens is 277 g/mol. The number of carbonyl (C=O) groups is 1. The second-order valence-corrected chi connectivity index (χ2v) is 5.48. The maximum absolute atomic E-state index is 12.7. The number of hydrogen-bond donors (Lipinski definition) is 1. The fourth-order valence-electron chi connectivity index (χ4n) is 2.51. The zero-order chi connectivity index (χ0) is 15.0. The van der Waals surface area contributed by atoms with Crippen molar-refractivity contribution in [3.05, 3.63) is 0 Å². The van der Waals surface area contributed by atoms with Crippen LogP contribution in [0, 0.1) is 0 Å². The maximum atomic E-state index is 12.7. The van der Waals surface area contributed by atoms with E-state index in [9.17, 15) is 23.1 Å². The Morgan fingerprint density at radius 1 is 1.30 bits per heavy atom. The number of nitrogens with zero attached hydrogens (tertiary/aromatic N) is 2. The first-order valence-electron chi connectivity index (χ1n) is 6.61. The summed E-state index contributed by atoms with van der Waals surface area (Å²) in [6.07, 6.45) is -6.23. The summed E-state index contributed by atoms with van der Waals surface area (Å²) in [6, 6.07) is 0. The number of amides is 1. The van der Waals surface area contributed by atoms with E-state index >= 15 is 0 Å². The Bertz CT molecular complexity index is 367. The van der Waals surface area contributed by atoms with E-state index in [1.165, 1.54) is 4.90 Å². The van der Waals surface area contributed by atoms with Gasteiger partial charge < -0.3 is 19.6 Å². The minimum Gasteiger partial charge on any atom is -0.380 e. The van der Waals surface area contributed by atoms with E-state index in [-0.39, 0.29) is 19.0 Å². The van der Waals surface area contributed by atoms with Gasteiger partial charge in [0.2, 0.25) is 0 Å². The lowest BCUT2D eigenvalue weighted by Crippen LogP contribution is -2.57. The zero-order valence-corrected chi connectivity index (χ0v) is 11.3. The van der Waals surface area contributed by atoms with Gasteiger partial charge in [-0.3, -0.25) is 4.79 Å². The number of piperidine rings is 1. The first-order valence-corrected chi connectivity index (χ1v) is 6.61. The number of likely N-dealkylation sites (tertiary alicyclic amines) is 1. The van der Waals surface area contributed by atoms with E-state index in [1.54, 1.807) is 0 Å². The molecule has 1 unspecified atom stereocenters. The number of likely N-dealkylation sites (N-methyl/N-ethyl adjacent to an activating group) is 1. The van der Waals surface area contributed by atoms with Gasteiger partial charge in [0.15, 0.2) is 5.60 Å². The molecule has 0 saturated carbocycles. The number of halogens is 3. The third-order valence-electron chi connectivity index (χ3n) is 3.97. The van der Waals surface area contributed by atoms with Gasteiger partial charge in [-0.15, -0.1) is 0 Å². The summed E-state index contributed by atoms with van der Waals surface area (Å²) in [5.74, 6) is -0.291. The lowest BCUT2D eigenvalue weighted by molar-refractivity contribution is -0.272. The van der Waals surface area contributed by atoms with Gasteiger partial charge in [0.25, 0.3) is 5.91 Å². The van der Waals surface area contributed by atoms with Crippen molar-refractivity contribution in [1.82, 2.24) is 9.80 Å². The minimum atomic E-state index is -4.65. The average molecular weight is 296 g/mol. The Morgan fingerprint density at radius 2 is 1.90 bits per heavy atom. The monoisotopic (exact) mass is 296 g/mol. The van der Waals surface area contributed by atoms with Gasteiger partial charge in [-0.1, -0.05) is 0 Å². The third kappa shape index (κ3) is 3.07. The molecule has 1 N–H and O–H groups in total. The molecule has 2 aliphatic rings. The predicted octanol–water partition coefficient (Wildman–Crippen LogP) is 0.233. The van der Waals surface area contributed by atoms with Gasteiger partial charge in [0.1, 0.15) is 6.10 Å². The highest BCUT2D eigenvalue weighted by atomic mass is 19.4. The van der Waals surface area contributed by atoms with Gasteiger partial charge in [0, 0.05) is 39.0 Å². The minimum absolute atomic E-state index is 0.0988. The van der Waals surface area contributed by atoms with Crippen molar-refractivity contribution in [3.63, 3.8) is 0 Å². The molecule has 0 aromatic heterocycles. The molecule has 0 spiro atoms. The Kier molecular flexibility index (Phi) is 4.27. The molecule has 0 bridgehead atoms. The number of ether oxygens (including phenoxy) is 1. The van der Waals surface area contributed by atoms with E-state index in [1.807, 2.05) is 11.9 Å². The summed E-state index contributed by atoms with van der Waals surface area (Å²) in [5.41, 5.74) is -2.67. The number of alkyl halides is 3. The number of carbonyl (C=O) groups excluding carboxylic acids is 1. The van der Waals surface area contributed by atoms with Gasteiger partial charge >= 0.3 is 6.18 Å². The van der Waals surface area contributed by atoms with Crippen molar-refractivity contribution in [2.24, 2.45) is 0 Å². The van der Waals surface area contributed by atoms with Crippen LogP contribution in [0.4, 0.5) is 13.2 Å². The summed E-state index contributed by atoms with van der Waals surface area (Å²) >= 11 is 0. The molecule has 2 saturated heterocycles. The average Bonchev–Trinajstić information content (AvgIpc) is 2.37. The highest BCUT2D eigenvalue weighted by Gasteiger charge is 2.55. The summed E-state index contributed by atoms with van der Waals surface area (Å²) in [4.78, 5) is 15.5. The van der Waals surface area contributed by atoms with Crippen LogP contribution in [0.25, 0.3) is 0 Å². The van der Waals surface area contributed by atoms with Crippen LogP contribution >= 0.6 is 0 Å². The van der Waals surface area contributed by atoms with Crippen LogP contribution in [0.15, 0.2) is 0 Å². The van der Waals surface area contributed by atoms with Crippen molar-refractivity contribution in [3.8, 4) is 0 Å². The highest BCUT2D eigenvalue weighted by molar-refractivity contribution is 5.81. The van der Waals surface area contributed by atoms with Crippen molar-refractivity contribution in [1.29, 1.82) is 0 Å². The standard InChI is InChI=1S/C12H19F3N2O3/c1-16-6-7-20-9(8-16)10(18)17-4-2-11(19,3-5-17)12(13,14)15/h9,19H,2-8H2,1H3. The smallest absolute Gasteiger partial charge is 0.380 e. The van der Waals surface area contributed by atoms with Gasteiger partial charge in [-0.05, 0) is 7.05 Å². The molecule has 0 aliphatic carbocycles. The van der Waals surface area contributed by atoms with E-state index < -0.39 is 30.7 Å². The normalized spacial score (nSPS) is 28.4. The van der Waals surface area contributed by atoms with Crippen LogP contribution in [-0.2, 0) is 9.53 Å². The van der Waals surface area contributed by atoms with E-state index in [4.69, 9.17) is 4.74 Å². The molecule has 20 heavy (non-hydrogen) atoms. The first-order chi connectivity index (χ1) is 9.23. The van der Waals surface area contributed by atoms with E-state index in [0.29, 0.717) is 13.2 Å². The molecule has 116 valence electrons. The number of rotatable bonds is 1. The zero-order valence-electron chi connectivity index (χ0n) is 11.3. The molecule has 2 rings (SSSR count). The van der Waals surface area contributed by atoms with Gasteiger partial charge in [0.05, 0.1) is 6.61 Å². The van der Waals surface area contributed by atoms with Crippen molar-refractivity contribution < 1.29 is 27.8 Å². The van der Waals surface area contributed by atoms with Crippen LogP contribution in [0.1, 0.15) is 12.8 Å². The van der Waals surface area contributed by atoms with Crippen LogP contribution in [0.2, 0.25) is 0 Å². The molecule has 2 fully saturated rings. The Morgan fingerprint density at radius 3 is 2.40 bits per heavy atom. The summed E-state index contributed by atoms with van der Waals surface area (Å²) < 4.78 is 43.4. The summed E-state index contributed by atoms with van der Waals surface area (Å²) in [5, 5.41) is 9.56. The molecular formula is C12H19F3N2O3. The Hall–Kier alpha value is -0.860. The largest absolute Gasteiger partial charge is 0.417 e. The van der Waals surface area contributed by atoms with Gasteiger partial charge in [-0.2, -0.15) is 13.2 Å². The Labute approximate surface area is 115 Å². The highest BCUT2D eigenvalue weighted by Crippen LogP contribution is 2.38. The van der Waals surface area contributed by atoms with Crippen molar-refractivity contribution in [2.45, 2.75) is 30.7 Å². The molecule has 8 heteroatoms. The topological polar surface area (TPSA) is 53.0 Å². The fourth-order valence-corrected chi connectivity index (χ4v) is 2.51. The third-order valence-corrected chi connectivity index (χ3v) is 3.97. The molecule has 2 aliphatic heterocycles. The first kappa shape index (κ1) is 15.5. The molecule has 0 aromatic rings. The van der Waals surface area contributed by atoms with E-state index in [0.717, 1.165) is 6.54 Å². The van der Waals surface area contributed by atoms with Crippen molar-refractivity contribution in [2.75, 3.05) is 39.8 Å². The predicted molar refractivity (Wildman–Crippen MR) is 64.1 cm³/mol. The second kappa shape index (κ2) is 5.50. The Balaban J connectivity index is 1.92. The number of morpholine rings is 1. The molecule has 0 aromatic carbocycles. The van der Waals surface area contributed by atoms with Crippen LogP contribution < -0.4 is 0 Å². The van der Waals surface area contributed by atoms with Crippen molar-refractivity contribution >= 4 is 5.91 Å². The number of aliphatic hydroxyl groups is 1. The molecule has 1 atom stereocenters. The quantitative estimate of drug-likeness (QED) is 0.753. The van der Waals surface area contributed by atoms with E-state index in [2.05, 4.69) is 0 Å².